The fraction of sp³-hybridized carbons (Fsp3) is 0.368. The van der Waals surface area contributed by atoms with Gasteiger partial charge >= 0.3 is 5.97 Å². The molecule has 0 saturated carbocycles. The van der Waals surface area contributed by atoms with Gasteiger partial charge in [-0.05, 0) is 37.1 Å². The fourth-order valence-corrected chi connectivity index (χ4v) is 2.38. The second kappa shape index (κ2) is 10.3. The third-order valence-corrected chi connectivity index (χ3v) is 3.52. The topological polar surface area (TPSA) is 117 Å². The Balaban J connectivity index is 3.11. The molecule has 6 nitrogen and oxygen atoms in total. The van der Waals surface area contributed by atoms with Crippen LogP contribution in [-0.2, 0) is 11.2 Å². The Hall–Kier alpha value is -2.60. The Morgan fingerprint density at radius 3 is 2.76 bits per heavy atom. The second-order valence-corrected chi connectivity index (χ2v) is 5.64. The number of phenols is 2. The highest BCUT2D eigenvalue weighted by Gasteiger charge is 2.22. The number of hydrogen-bond donors (Lipinski definition) is 4. The SMILES string of the molecule is C=CCC(CCN)OC(=O)c1c(O)cc(O)cc1CC(=N)/C=C/CC. The maximum absolute atomic E-state index is 12.5. The summed E-state index contributed by atoms with van der Waals surface area (Å²) in [5.74, 6) is -1.27. The van der Waals surface area contributed by atoms with E-state index in [2.05, 4.69) is 6.58 Å². The predicted octanol–water partition coefficient (Wildman–Crippen LogP) is 3.08. The molecule has 0 aliphatic rings. The number of rotatable bonds is 10. The normalized spacial score (nSPS) is 12.1. The number of hydrogen-bond acceptors (Lipinski definition) is 6. The maximum Gasteiger partial charge on any atom is 0.342 e. The lowest BCUT2D eigenvalue weighted by molar-refractivity contribution is 0.0291. The summed E-state index contributed by atoms with van der Waals surface area (Å²) < 4.78 is 5.42. The summed E-state index contributed by atoms with van der Waals surface area (Å²) in [4.78, 5) is 12.5. The number of nitrogens with two attached hydrogens (primary N) is 1. The number of carbonyl (C=O) groups excluding carboxylic acids is 1. The standard InChI is InChI=1S/C19H26N2O4/c1-3-5-7-14(21)10-13-11-15(22)12-17(23)18(13)19(24)25-16(6-4-2)8-9-20/h4-5,7,11-12,16,21-23H,2-3,6,8-10,20H2,1H3/b7-5+,21-14?. The van der Waals surface area contributed by atoms with Crippen molar-refractivity contribution in [2.45, 2.75) is 38.7 Å². The van der Waals surface area contributed by atoms with Gasteiger partial charge in [-0.15, -0.1) is 6.58 Å². The van der Waals surface area contributed by atoms with Gasteiger partial charge in [0.2, 0.25) is 0 Å². The van der Waals surface area contributed by atoms with Gasteiger partial charge in [-0.3, -0.25) is 0 Å². The van der Waals surface area contributed by atoms with Crippen molar-refractivity contribution in [2.75, 3.05) is 6.54 Å². The highest BCUT2D eigenvalue weighted by Crippen LogP contribution is 2.29. The summed E-state index contributed by atoms with van der Waals surface area (Å²) in [6, 6.07) is 2.44. The van der Waals surface area contributed by atoms with Gasteiger partial charge in [-0.1, -0.05) is 19.1 Å². The van der Waals surface area contributed by atoms with Gasteiger partial charge < -0.3 is 26.1 Å². The number of benzene rings is 1. The van der Waals surface area contributed by atoms with Crippen molar-refractivity contribution < 1.29 is 19.7 Å². The molecule has 0 aliphatic heterocycles. The number of esters is 1. The van der Waals surface area contributed by atoms with Gasteiger partial charge in [-0.2, -0.15) is 0 Å². The van der Waals surface area contributed by atoms with Crippen LogP contribution in [-0.4, -0.2) is 34.5 Å². The van der Waals surface area contributed by atoms with E-state index in [1.54, 1.807) is 12.2 Å². The third kappa shape index (κ3) is 6.43. The van der Waals surface area contributed by atoms with Crippen molar-refractivity contribution >= 4 is 11.7 Å². The molecule has 0 fully saturated rings. The summed E-state index contributed by atoms with van der Waals surface area (Å²) in [6.45, 7) is 5.93. The van der Waals surface area contributed by atoms with Crippen molar-refractivity contribution in [3.63, 3.8) is 0 Å². The van der Waals surface area contributed by atoms with Crippen LogP contribution in [0.3, 0.4) is 0 Å². The molecule has 1 unspecified atom stereocenters. The van der Waals surface area contributed by atoms with E-state index in [0.29, 0.717) is 24.9 Å². The summed E-state index contributed by atoms with van der Waals surface area (Å²) in [5, 5.41) is 27.8. The predicted molar refractivity (Wildman–Crippen MR) is 98.3 cm³/mol. The largest absolute Gasteiger partial charge is 0.508 e. The van der Waals surface area contributed by atoms with Gasteiger partial charge in [0, 0.05) is 24.6 Å². The fourth-order valence-electron chi connectivity index (χ4n) is 2.38. The molecule has 5 N–H and O–H groups in total. The molecular formula is C19H26N2O4. The first-order valence-electron chi connectivity index (χ1n) is 8.23. The number of ether oxygens (including phenoxy) is 1. The highest BCUT2D eigenvalue weighted by atomic mass is 16.5. The van der Waals surface area contributed by atoms with Crippen LogP contribution in [0.4, 0.5) is 0 Å². The molecule has 0 radical (unpaired) electrons. The van der Waals surface area contributed by atoms with Crippen molar-refractivity contribution in [2.24, 2.45) is 5.73 Å². The van der Waals surface area contributed by atoms with E-state index in [9.17, 15) is 15.0 Å². The lowest BCUT2D eigenvalue weighted by Crippen LogP contribution is -2.22. The lowest BCUT2D eigenvalue weighted by Gasteiger charge is -2.18. The van der Waals surface area contributed by atoms with E-state index in [4.69, 9.17) is 15.9 Å². The number of carbonyl (C=O) groups is 1. The van der Waals surface area contributed by atoms with E-state index in [-0.39, 0.29) is 29.2 Å². The van der Waals surface area contributed by atoms with Crippen LogP contribution in [0.2, 0.25) is 0 Å². The molecule has 25 heavy (non-hydrogen) atoms. The molecular weight excluding hydrogens is 320 g/mol. The average molecular weight is 346 g/mol. The quantitative estimate of drug-likeness (QED) is 0.295. The molecule has 1 aromatic rings. The Labute approximate surface area is 148 Å². The van der Waals surface area contributed by atoms with Gasteiger partial charge in [0.15, 0.2) is 0 Å². The summed E-state index contributed by atoms with van der Waals surface area (Å²) in [5.41, 5.74) is 6.07. The van der Waals surface area contributed by atoms with E-state index >= 15 is 0 Å². The lowest BCUT2D eigenvalue weighted by atomic mass is 10.00. The third-order valence-electron chi connectivity index (χ3n) is 3.52. The van der Waals surface area contributed by atoms with Crippen molar-refractivity contribution in [3.05, 3.63) is 48.1 Å². The molecule has 0 saturated heterocycles. The Kier molecular flexibility index (Phi) is 8.43. The minimum Gasteiger partial charge on any atom is -0.508 e. The zero-order valence-electron chi connectivity index (χ0n) is 14.5. The molecule has 136 valence electrons. The van der Waals surface area contributed by atoms with E-state index < -0.39 is 12.1 Å². The van der Waals surface area contributed by atoms with E-state index in [0.717, 1.165) is 12.5 Å². The van der Waals surface area contributed by atoms with Crippen molar-refractivity contribution in [3.8, 4) is 11.5 Å². The van der Waals surface area contributed by atoms with E-state index in [1.165, 1.54) is 6.07 Å². The highest BCUT2D eigenvalue weighted by molar-refractivity contribution is 5.99. The van der Waals surface area contributed by atoms with Gasteiger partial charge in [0.05, 0.1) is 0 Å². The molecule has 0 bridgehead atoms. The molecule has 1 rings (SSSR count). The van der Waals surface area contributed by atoms with Gasteiger partial charge in [0.25, 0.3) is 0 Å². The molecule has 0 aromatic heterocycles. The van der Waals surface area contributed by atoms with Crippen LogP contribution in [0.1, 0.15) is 42.1 Å². The van der Waals surface area contributed by atoms with Crippen LogP contribution < -0.4 is 5.73 Å². The van der Waals surface area contributed by atoms with Crippen molar-refractivity contribution in [1.29, 1.82) is 5.41 Å². The first-order chi connectivity index (χ1) is 11.9. The smallest absolute Gasteiger partial charge is 0.342 e. The van der Waals surface area contributed by atoms with Crippen LogP contribution in [0.25, 0.3) is 0 Å². The van der Waals surface area contributed by atoms with Crippen LogP contribution in [0, 0.1) is 5.41 Å². The van der Waals surface area contributed by atoms with Crippen LogP contribution in [0.15, 0.2) is 36.9 Å². The number of phenolic OH excluding ortho intramolecular Hbond substituents is 2. The second-order valence-electron chi connectivity index (χ2n) is 5.64. The molecule has 0 spiro atoms. The first-order valence-corrected chi connectivity index (χ1v) is 8.23. The maximum atomic E-state index is 12.5. The first kappa shape index (κ1) is 20.4. The summed E-state index contributed by atoms with van der Waals surface area (Å²) in [7, 11) is 0. The van der Waals surface area contributed by atoms with Gasteiger partial charge in [0.1, 0.15) is 23.2 Å². The number of nitrogens with one attached hydrogen (secondary N) is 1. The average Bonchev–Trinajstić information content (AvgIpc) is 2.52. The number of allylic oxidation sites excluding steroid dienone is 2. The van der Waals surface area contributed by atoms with E-state index in [1.807, 2.05) is 13.0 Å². The van der Waals surface area contributed by atoms with Crippen LogP contribution >= 0.6 is 0 Å². The number of aromatic hydroxyl groups is 2. The van der Waals surface area contributed by atoms with Crippen molar-refractivity contribution in [1.82, 2.24) is 0 Å². The molecule has 6 heteroatoms. The zero-order chi connectivity index (χ0) is 18.8. The Morgan fingerprint density at radius 1 is 1.44 bits per heavy atom. The molecule has 1 atom stereocenters. The zero-order valence-corrected chi connectivity index (χ0v) is 14.5. The molecule has 0 heterocycles. The molecule has 0 amide bonds. The van der Waals surface area contributed by atoms with Crippen LogP contribution in [0.5, 0.6) is 11.5 Å². The van der Waals surface area contributed by atoms with Gasteiger partial charge in [-0.25, -0.2) is 4.79 Å². The Bertz CT molecular complexity index is 653. The molecule has 0 aliphatic carbocycles. The Morgan fingerprint density at radius 2 is 2.16 bits per heavy atom. The summed E-state index contributed by atoms with van der Waals surface area (Å²) >= 11 is 0. The minimum absolute atomic E-state index is 0.0430. The molecule has 1 aromatic carbocycles. The monoisotopic (exact) mass is 346 g/mol. The summed E-state index contributed by atoms with van der Waals surface area (Å²) in [6.07, 6.45) is 6.45. The minimum atomic E-state index is -0.708.